The number of thiazole rings is 1. The lowest BCUT2D eigenvalue weighted by Crippen LogP contribution is -2.36. The van der Waals surface area contributed by atoms with E-state index >= 15 is 0 Å². The lowest BCUT2D eigenvalue weighted by Gasteiger charge is -2.28. The van der Waals surface area contributed by atoms with Crippen LogP contribution in [0.1, 0.15) is 10.6 Å². The van der Waals surface area contributed by atoms with Gasteiger partial charge in [0.15, 0.2) is 10.9 Å². The monoisotopic (exact) mass is 473 g/mol. The van der Waals surface area contributed by atoms with Crippen molar-refractivity contribution >= 4 is 61.5 Å². The fourth-order valence-corrected chi connectivity index (χ4v) is 4.71. The third-order valence-corrected chi connectivity index (χ3v) is 6.49. The number of hydrogen-bond acceptors (Lipinski definition) is 6. The average molecular weight is 474 g/mol. The molecule has 0 unspecified atom stereocenters. The summed E-state index contributed by atoms with van der Waals surface area (Å²) in [4.78, 5) is 19.5. The van der Waals surface area contributed by atoms with Gasteiger partial charge < -0.3 is 14.1 Å². The zero-order valence-electron chi connectivity index (χ0n) is 16.2. The quantitative estimate of drug-likeness (QED) is 0.396. The third-order valence-electron chi connectivity index (χ3n) is 4.99. The molecule has 1 fully saturated rings. The van der Waals surface area contributed by atoms with Crippen LogP contribution >= 0.6 is 34.5 Å². The number of aromatic nitrogens is 1. The normalized spacial score (nSPS) is 14.2. The fourth-order valence-electron chi connectivity index (χ4n) is 3.43. The number of amides is 1. The Morgan fingerprint density at radius 3 is 2.74 bits per heavy atom. The smallest absolute Gasteiger partial charge is 0.293 e. The molecular weight excluding hydrogens is 457 g/mol. The van der Waals surface area contributed by atoms with Crippen molar-refractivity contribution in [1.29, 1.82) is 0 Å². The van der Waals surface area contributed by atoms with Gasteiger partial charge in [-0.3, -0.25) is 10.1 Å². The standard InChI is InChI=1S/C22H17Cl2N3O3S/c23-13-1-3-16(24)15(11-13)18-5-6-19(30-18)21(28)26-22-25-17-4-2-14(12-20(17)31-22)27-7-9-29-10-8-27/h1-6,11-12H,7-10H2,(H,25,26,28). The molecule has 31 heavy (non-hydrogen) atoms. The topological polar surface area (TPSA) is 67.6 Å². The molecule has 1 saturated heterocycles. The van der Waals surface area contributed by atoms with Gasteiger partial charge in [0.25, 0.3) is 5.91 Å². The Labute approximate surface area is 192 Å². The van der Waals surface area contributed by atoms with Gasteiger partial charge in [0, 0.05) is 29.4 Å². The second-order valence-corrected chi connectivity index (χ2v) is 8.89. The first-order valence-electron chi connectivity index (χ1n) is 9.67. The maximum Gasteiger partial charge on any atom is 0.293 e. The number of ether oxygens (including phenoxy) is 1. The Kier molecular flexibility index (Phi) is 5.58. The van der Waals surface area contributed by atoms with Crippen molar-refractivity contribution in [2.75, 3.05) is 36.5 Å². The van der Waals surface area contributed by atoms with Crippen molar-refractivity contribution in [3.63, 3.8) is 0 Å². The van der Waals surface area contributed by atoms with Crippen LogP contribution in [0.25, 0.3) is 21.5 Å². The van der Waals surface area contributed by atoms with E-state index in [1.807, 2.05) is 12.1 Å². The van der Waals surface area contributed by atoms with Crippen molar-refractivity contribution in [3.8, 4) is 11.3 Å². The molecule has 1 aliphatic heterocycles. The van der Waals surface area contributed by atoms with E-state index in [2.05, 4.69) is 21.3 Å². The van der Waals surface area contributed by atoms with Gasteiger partial charge in [-0.2, -0.15) is 0 Å². The molecule has 0 atom stereocenters. The molecule has 2 aromatic carbocycles. The summed E-state index contributed by atoms with van der Waals surface area (Å²) in [5.74, 6) is 0.258. The molecule has 9 heteroatoms. The largest absolute Gasteiger partial charge is 0.451 e. The van der Waals surface area contributed by atoms with E-state index in [1.54, 1.807) is 30.3 Å². The van der Waals surface area contributed by atoms with Crippen LogP contribution in [0.2, 0.25) is 10.0 Å². The average Bonchev–Trinajstić information content (AvgIpc) is 3.42. The van der Waals surface area contributed by atoms with Gasteiger partial charge in [-0.15, -0.1) is 0 Å². The molecule has 158 valence electrons. The number of nitrogens with zero attached hydrogens (tertiary/aromatic N) is 2. The van der Waals surface area contributed by atoms with E-state index < -0.39 is 0 Å². The summed E-state index contributed by atoms with van der Waals surface area (Å²) in [5, 5.41) is 4.36. The highest BCUT2D eigenvalue weighted by atomic mass is 35.5. The van der Waals surface area contributed by atoms with E-state index in [-0.39, 0.29) is 11.7 Å². The van der Waals surface area contributed by atoms with Crippen molar-refractivity contribution in [1.82, 2.24) is 4.98 Å². The number of nitrogens with one attached hydrogen (secondary N) is 1. The summed E-state index contributed by atoms with van der Waals surface area (Å²) in [6.45, 7) is 3.19. The molecule has 0 spiro atoms. The molecule has 3 heterocycles. The number of benzene rings is 2. The number of morpholine rings is 1. The molecule has 1 aliphatic rings. The van der Waals surface area contributed by atoms with Crippen LogP contribution in [0.4, 0.5) is 10.8 Å². The van der Waals surface area contributed by atoms with Crippen molar-refractivity contribution < 1.29 is 13.9 Å². The zero-order valence-corrected chi connectivity index (χ0v) is 18.6. The molecular formula is C22H17Cl2N3O3S. The minimum Gasteiger partial charge on any atom is -0.451 e. The maximum atomic E-state index is 12.7. The first-order valence-corrected chi connectivity index (χ1v) is 11.2. The number of furan rings is 1. The molecule has 0 saturated carbocycles. The molecule has 0 radical (unpaired) electrons. The third kappa shape index (κ3) is 4.27. The minimum atomic E-state index is -0.378. The van der Waals surface area contributed by atoms with Gasteiger partial charge in [0.2, 0.25) is 0 Å². The maximum absolute atomic E-state index is 12.7. The lowest BCUT2D eigenvalue weighted by atomic mass is 10.2. The van der Waals surface area contributed by atoms with Crippen LogP contribution in [-0.4, -0.2) is 37.2 Å². The highest BCUT2D eigenvalue weighted by Gasteiger charge is 2.17. The van der Waals surface area contributed by atoms with E-state index in [0.717, 1.165) is 42.2 Å². The summed E-state index contributed by atoms with van der Waals surface area (Å²) in [6.07, 6.45) is 0. The molecule has 0 bridgehead atoms. The summed E-state index contributed by atoms with van der Waals surface area (Å²) >= 11 is 13.7. The van der Waals surface area contributed by atoms with Gasteiger partial charge >= 0.3 is 0 Å². The van der Waals surface area contributed by atoms with E-state index in [9.17, 15) is 4.79 Å². The Morgan fingerprint density at radius 1 is 1.06 bits per heavy atom. The molecule has 6 nitrogen and oxygen atoms in total. The lowest BCUT2D eigenvalue weighted by molar-refractivity contribution is 0.0997. The SMILES string of the molecule is O=C(Nc1nc2ccc(N3CCOCC3)cc2s1)c1ccc(-c2cc(Cl)ccc2Cl)o1. The molecule has 4 aromatic rings. The number of anilines is 2. The molecule has 1 N–H and O–H groups in total. The fraction of sp³-hybridized carbons (Fsp3) is 0.182. The van der Waals surface area contributed by atoms with Gasteiger partial charge in [0.1, 0.15) is 5.76 Å². The summed E-state index contributed by atoms with van der Waals surface area (Å²) in [5.41, 5.74) is 2.60. The van der Waals surface area contributed by atoms with E-state index in [1.165, 1.54) is 11.3 Å². The van der Waals surface area contributed by atoms with E-state index in [0.29, 0.717) is 26.5 Å². The van der Waals surface area contributed by atoms with Crippen LogP contribution in [-0.2, 0) is 4.74 Å². The number of halogens is 2. The Bertz CT molecular complexity index is 1260. The summed E-state index contributed by atoms with van der Waals surface area (Å²) in [7, 11) is 0. The van der Waals surface area contributed by atoms with Crippen LogP contribution < -0.4 is 10.2 Å². The van der Waals surface area contributed by atoms with Gasteiger partial charge in [-0.1, -0.05) is 34.5 Å². The van der Waals surface area contributed by atoms with Crippen LogP contribution in [0, 0.1) is 0 Å². The van der Waals surface area contributed by atoms with Gasteiger partial charge in [-0.25, -0.2) is 4.98 Å². The van der Waals surface area contributed by atoms with Crippen molar-refractivity contribution in [2.45, 2.75) is 0 Å². The number of hydrogen-bond donors (Lipinski definition) is 1. The van der Waals surface area contributed by atoms with Gasteiger partial charge in [0.05, 0.1) is 28.5 Å². The predicted octanol–water partition coefficient (Wildman–Crippen LogP) is 5.95. The molecule has 0 aliphatic carbocycles. The predicted molar refractivity (Wildman–Crippen MR) is 125 cm³/mol. The van der Waals surface area contributed by atoms with Crippen molar-refractivity contribution in [3.05, 3.63) is 64.3 Å². The molecule has 1 amide bonds. The number of rotatable bonds is 4. The zero-order chi connectivity index (χ0) is 21.4. The van der Waals surface area contributed by atoms with Crippen molar-refractivity contribution in [2.24, 2.45) is 0 Å². The highest BCUT2D eigenvalue weighted by Crippen LogP contribution is 2.33. The van der Waals surface area contributed by atoms with Crippen LogP contribution in [0.5, 0.6) is 0 Å². The molecule has 2 aromatic heterocycles. The minimum absolute atomic E-state index is 0.166. The first kappa shape index (κ1) is 20.3. The number of carbonyl (C=O) groups is 1. The van der Waals surface area contributed by atoms with Crippen LogP contribution in [0.15, 0.2) is 52.9 Å². The molecule has 5 rings (SSSR count). The van der Waals surface area contributed by atoms with Gasteiger partial charge in [-0.05, 0) is 48.5 Å². The summed E-state index contributed by atoms with van der Waals surface area (Å²) < 4.78 is 12.1. The second kappa shape index (κ2) is 8.51. The highest BCUT2D eigenvalue weighted by molar-refractivity contribution is 7.22. The van der Waals surface area contributed by atoms with Crippen LogP contribution in [0.3, 0.4) is 0 Å². The Balaban J connectivity index is 1.34. The summed E-state index contributed by atoms with van der Waals surface area (Å²) in [6, 6.07) is 14.5. The first-order chi connectivity index (χ1) is 15.1. The number of fused-ring (bicyclic) bond motifs is 1. The van der Waals surface area contributed by atoms with E-state index in [4.69, 9.17) is 32.4 Å². The second-order valence-electron chi connectivity index (χ2n) is 7.01. The number of carbonyl (C=O) groups excluding carboxylic acids is 1. The Hall–Kier alpha value is -2.58. The Morgan fingerprint density at radius 2 is 1.90 bits per heavy atom.